The Morgan fingerprint density at radius 1 is 1.06 bits per heavy atom. The zero-order valence-corrected chi connectivity index (χ0v) is 18.3. The van der Waals surface area contributed by atoms with Gasteiger partial charge in [0, 0.05) is 0 Å². The van der Waals surface area contributed by atoms with E-state index in [2.05, 4.69) is 0 Å². The third-order valence-electron chi connectivity index (χ3n) is 6.23. The Kier molecular flexibility index (Phi) is 5.81. The fourth-order valence-electron chi connectivity index (χ4n) is 4.32. The van der Waals surface area contributed by atoms with Gasteiger partial charge in [0.1, 0.15) is 23.1 Å². The lowest BCUT2D eigenvalue weighted by atomic mass is 9.71. The summed E-state index contributed by atoms with van der Waals surface area (Å²) in [5.74, 6) is 0.158. The van der Waals surface area contributed by atoms with Crippen LogP contribution in [0.1, 0.15) is 33.1 Å². The van der Waals surface area contributed by atoms with Crippen molar-refractivity contribution in [3.8, 4) is 5.75 Å². The SMILES string of the molecule is C[C@]1(CS(=O)(=O)c2ccccc2)OO[C@@H]2C[C@H]1CC[C@@]2(C)OC(=O)Oc1ccccc1. The third kappa shape index (κ3) is 4.61. The van der Waals surface area contributed by atoms with E-state index < -0.39 is 33.3 Å². The molecule has 0 N–H and O–H groups in total. The molecule has 0 aromatic heterocycles. The summed E-state index contributed by atoms with van der Waals surface area (Å²) >= 11 is 0. The average Bonchev–Trinajstić information content (AvgIpc) is 2.73. The highest BCUT2D eigenvalue weighted by Gasteiger charge is 2.55. The van der Waals surface area contributed by atoms with Gasteiger partial charge in [0.15, 0.2) is 9.84 Å². The molecule has 0 spiro atoms. The van der Waals surface area contributed by atoms with Gasteiger partial charge in [0.05, 0.1) is 10.6 Å². The first-order chi connectivity index (χ1) is 14.7. The topological polar surface area (TPSA) is 88.1 Å². The molecular weight excluding hydrogens is 420 g/mol. The van der Waals surface area contributed by atoms with Crippen LogP contribution >= 0.6 is 0 Å². The minimum absolute atomic E-state index is 0.0495. The summed E-state index contributed by atoms with van der Waals surface area (Å²) in [5.41, 5.74) is -1.92. The van der Waals surface area contributed by atoms with Crippen molar-refractivity contribution in [1.82, 2.24) is 0 Å². The molecule has 2 aliphatic rings. The summed E-state index contributed by atoms with van der Waals surface area (Å²) in [7, 11) is -3.55. The fourth-order valence-corrected chi connectivity index (χ4v) is 6.10. The van der Waals surface area contributed by atoms with E-state index >= 15 is 0 Å². The molecule has 4 rings (SSSR count). The second kappa shape index (κ2) is 8.26. The zero-order valence-electron chi connectivity index (χ0n) is 17.5. The maximum Gasteiger partial charge on any atom is 0.514 e. The predicted octanol–water partition coefficient (Wildman–Crippen LogP) is 4.32. The summed E-state index contributed by atoms with van der Waals surface area (Å²) < 4.78 is 36.6. The molecule has 1 saturated heterocycles. The minimum Gasteiger partial charge on any atom is -0.425 e. The van der Waals surface area contributed by atoms with Crippen LogP contribution in [0.3, 0.4) is 0 Å². The van der Waals surface area contributed by atoms with Crippen molar-refractivity contribution in [2.45, 2.75) is 55.3 Å². The maximum atomic E-state index is 12.9. The Bertz CT molecular complexity index is 1020. The number of para-hydroxylation sites is 1. The molecule has 1 aliphatic carbocycles. The molecule has 1 heterocycles. The van der Waals surface area contributed by atoms with Gasteiger partial charge in [-0.3, -0.25) is 0 Å². The predicted molar refractivity (Wildman–Crippen MR) is 112 cm³/mol. The molecule has 2 bridgehead atoms. The highest BCUT2D eigenvalue weighted by atomic mass is 32.2. The lowest BCUT2D eigenvalue weighted by Crippen LogP contribution is -2.60. The van der Waals surface area contributed by atoms with E-state index in [0.717, 1.165) is 0 Å². The van der Waals surface area contributed by atoms with Crippen molar-refractivity contribution in [3.05, 3.63) is 60.7 Å². The van der Waals surface area contributed by atoms with Crippen LogP contribution in [0.25, 0.3) is 0 Å². The van der Waals surface area contributed by atoms with Crippen LogP contribution in [0.15, 0.2) is 65.6 Å². The van der Waals surface area contributed by atoms with E-state index in [1.54, 1.807) is 68.4 Å². The van der Waals surface area contributed by atoms with Crippen LogP contribution in [0.2, 0.25) is 0 Å². The lowest BCUT2D eigenvalue weighted by Gasteiger charge is -2.51. The number of rotatable bonds is 5. The summed E-state index contributed by atoms with van der Waals surface area (Å²) in [6, 6.07) is 17.0. The van der Waals surface area contributed by atoms with Gasteiger partial charge in [0.2, 0.25) is 0 Å². The van der Waals surface area contributed by atoms with Crippen molar-refractivity contribution in [2.75, 3.05) is 5.75 Å². The molecule has 0 radical (unpaired) electrons. The number of hydrogen-bond acceptors (Lipinski definition) is 7. The van der Waals surface area contributed by atoms with Crippen molar-refractivity contribution >= 4 is 16.0 Å². The van der Waals surface area contributed by atoms with Gasteiger partial charge >= 0.3 is 6.16 Å². The highest BCUT2D eigenvalue weighted by Crippen LogP contribution is 2.47. The standard InChI is InChI=1S/C23H26O7S/c1-22(28-21(24)27-18-9-5-3-6-10-18)14-13-17-15-20(22)29-30-23(17,2)16-31(25,26)19-11-7-4-8-12-19/h3-12,17,20H,13-16H2,1-2H3/t17-,20-,22-,23-/m1/s1. The van der Waals surface area contributed by atoms with Crippen molar-refractivity contribution in [1.29, 1.82) is 0 Å². The first kappa shape index (κ1) is 21.8. The molecule has 8 heteroatoms. The van der Waals surface area contributed by atoms with Crippen molar-refractivity contribution in [3.63, 3.8) is 0 Å². The van der Waals surface area contributed by atoms with E-state index in [-0.39, 0.29) is 16.6 Å². The molecule has 4 atom stereocenters. The monoisotopic (exact) mass is 446 g/mol. The Labute approximate surface area is 182 Å². The Balaban J connectivity index is 1.42. The normalized spacial score (nSPS) is 30.4. The van der Waals surface area contributed by atoms with Gasteiger partial charge in [-0.1, -0.05) is 36.4 Å². The molecular formula is C23H26O7S. The molecule has 0 unspecified atom stereocenters. The van der Waals surface area contributed by atoms with Gasteiger partial charge in [-0.25, -0.2) is 23.0 Å². The smallest absolute Gasteiger partial charge is 0.425 e. The van der Waals surface area contributed by atoms with Gasteiger partial charge in [-0.15, -0.1) is 0 Å². The second-order valence-electron chi connectivity index (χ2n) is 8.60. The van der Waals surface area contributed by atoms with Crippen LogP contribution < -0.4 is 4.74 Å². The number of carbonyl (C=O) groups is 1. The highest BCUT2D eigenvalue weighted by molar-refractivity contribution is 7.91. The number of sulfone groups is 1. The maximum absolute atomic E-state index is 12.9. The van der Waals surface area contributed by atoms with Crippen LogP contribution in [0.4, 0.5) is 4.79 Å². The first-order valence-corrected chi connectivity index (χ1v) is 11.9. The molecule has 2 aromatic carbocycles. The molecule has 2 fully saturated rings. The quantitative estimate of drug-likeness (QED) is 0.384. The average molecular weight is 447 g/mol. The van der Waals surface area contributed by atoms with Crippen LogP contribution in [0, 0.1) is 5.92 Å². The molecule has 31 heavy (non-hydrogen) atoms. The number of fused-ring (bicyclic) bond motifs is 2. The Morgan fingerprint density at radius 2 is 1.71 bits per heavy atom. The van der Waals surface area contributed by atoms with E-state index in [4.69, 9.17) is 19.2 Å². The summed E-state index contributed by atoms with van der Waals surface area (Å²) in [5, 5.41) is 0. The van der Waals surface area contributed by atoms with Crippen LogP contribution in [-0.2, 0) is 24.3 Å². The van der Waals surface area contributed by atoms with Gasteiger partial charge in [-0.05, 0) is 63.3 Å². The van der Waals surface area contributed by atoms with Crippen molar-refractivity contribution < 1.29 is 32.5 Å². The molecule has 1 aliphatic heterocycles. The largest absolute Gasteiger partial charge is 0.514 e. The van der Waals surface area contributed by atoms with Crippen molar-refractivity contribution in [2.24, 2.45) is 5.92 Å². The molecule has 166 valence electrons. The fraction of sp³-hybridized carbons (Fsp3) is 0.435. The van der Waals surface area contributed by atoms with Gasteiger partial charge < -0.3 is 9.47 Å². The summed E-state index contributed by atoms with van der Waals surface area (Å²) in [4.78, 5) is 23.8. The Morgan fingerprint density at radius 3 is 2.39 bits per heavy atom. The zero-order chi connectivity index (χ0) is 22.1. The molecule has 0 amide bonds. The summed E-state index contributed by atoms with van der Waals surface area (Å²) in [6.45, 7) is 3.55. The molecule has 2 aromatic rings. The van der Waals surface area contributed by atoms with E-state index in [9.17, 15) is 13.2 Å². The van der Waals surface area contributed by atoms with Crippen LogP contribution in [0.5, 0.6) is 5.75 Å². The van der Waals surface area contributed by atoms with E-state index in [0.29, 0.717) is 25.0 Å². The van der Waals surface area contributed by atoms with E-state index in [1.807, 2.05) is 6.07 Å². The number of hydrogen-bond donors (Lipinski definition) is 0. The number of benzene rings is 2. The number of ether oxygens (including phenoxy) is 2. The van der Waals surface area contributed by atoms with Crippen LogP contribution in [-0.4, -0.2) is 37.6 Å². The third-order valence-corrected chi connectivity index (χ3v) is 8.17. The van der Waals surface area contributed by atoms with E-state index in [1.165, 1.54) is 0 Å². The first-order valence-electron chi connectivity index (χ1n) is 10.3. The summed E-state index contributed by atoms with van der Waals surface area (Å²) in [6.07, 6.45) is 0.347. The lowest BCUT2D eigenvalue weighted by molar-refractivity contribution is -0.441. The Hall–Kier alpha value is -2.42. The van der Waals surface area contributed by atoms with Gasteiger partial charge in [0.25, 0.3) is 0 Å². The minimum atomic E-state index is -3.55. The second-order valence-corrected chi connectivity index (χ2v) is 10.6. The number of carbonyl (C=O) groups excluding carboxylic acids is 1. The molecule has 1 saturated carbocycles. The van der Waals surface area contributed by atoms with Gasteiger partial charge in [-0.2, -0.15) is 0 Å². The molecule has 7 nitrogen and oxygen atoms in total.